The van der Waals surface area contributed by atoms with Crippen LogP contribution in [-0.4, -0.2) is 29.0 Å². The van der Waals surface area contributed by atoms with Crippen LogP contribution in [0.1, 0.15) is 24.3 Å². The molecule has 27 heavy (non-hydrogen) atoms. The maximum absolute atomic E-state index is 12.7. The highest BCUT2D eigenvalue weighted by Gasteiger charge is 2.14. The van der Waals surface area contributed by atoms with Crippen molar-refractivity contribution in [2.75, 3.05) is 23.3 Å². The molecule has 0 unspecified atom stereocenters. The number of anilines is 2. The highest BCUT2D eigenvalue weighted by Crippen LogP contribution is 2.29. The fourth-order valence-corrected chi connectivity index (χ4v) is 2.65. The largest absolute Gasteiger partial charge is 0.455 e. The molecule has 0 saturated heterocycles. The first kappa shape index (κ1) is 18.4. The van der Waals surface area contributed by atoms with Gasteiger partial charge in [0, 0.05) is 19.2 Å². The Labute approximate surface area is 158 Å². The van der Waals surface area contributed by atoms with E-state index in [-0.39, 0.29) is 5.91 Å². The summed E-state index contributed by atoms with van der Waals surface area (Å²) in [6.07, 6.45) is 1.41. The first-order valence-corrected chi connectivity index (χ1v) is 8.91. The fraction of sp³-hybridized carbons (Fsp3) is 0.190. The van der Waals surface area contributed by atoms with E-state index in [1.165, 1.54) is 6.33 Å². The summed E-state index contributed by atoms with van der Waals surface area (Å²) in [5.41, 5.74) is 0.885. The molecule has 3 aromatic rings. The van der Waals surface area contributed by atoms with Crippen LogP contribution >= 0.6 is 0 Å². The van der Waals surface area contributed by atoms with Gasteiger partial charge in [0.15, 0.2) is 5.75 Å². The number of amides is 1. The predicted molar refractivity (Wildman–Crippen MR) is 107 cm³/mol. The summed E-state index contributed by atoms with van der Waals surface area (Å²) in [4.78, 5) is 23.1. The lowest BCUT2D eigenvalue weighted by molar-refractivity contribution is 0.102. The Hall–Kier alpha value is -3.41. The van der Waals surface area contributed by atoms with Crippen molar-refractivity contribution in [2.45, 2.75) is 13.8 Å². The van der Waals surface area contributed by atoms with Gasteiger partial charge in [-0.05, 0) is 38.1 Å². The van der Waals surface area contributed by atoms with Gasteiger partial charge in [-0.3, -0.25) is 4.79 Å². The van der Waals surface area contributed by atoms with E-state index in [2.05, 4.69) is 20.2 Å². The average molecular weight is 362 g/mol. The number of para-hydroxylation sites is 3. The van der Waals surface area contributed by atoms with Crippen molar-refractivity contribution < 1.29 is 9.53 Å². The molecule has 0 spiro atoms. The van der Waals surface area contributed by atoms with E-state index in [9.17, 15) is 4.79 Å². The molecule has 6 nitrogen and oxygen atoms in total. The highest BCUT2D eigenvalue weighted by molar-refractivity contribution is 6.04. The Morgan fingerprint density at radius 3 is 2.44 bits per heavy atom. The van der Waals surface area contributed by atoms with E-state index in [0.717, 1.165) is 18.9 Å². The zero-order valence-corrected chi connectivity index (χ0v) is 15.4. The van der Waals surface area contributed by atoms with Crippen molar-refractivity contribution in [1.82, 2.24) is 9.97 Å². The van der Waals surface area contributed by atoms with Crippen LogP contribution < -0.4 is 15.0 Å². The molecule has 0 saturated carbocycles. The van der Waals surface area contributed by atoms with Crippen molar-refractivity contribution in [2.24, 2.45) is 0 Å². The number of carbonyl (C=O) groups excluding carboxylic acids is 1. The molecule has 0 fully saturated rings. The molecular weight excluding hydrogens is 340 g/mol. The zero-order valence-electron chi connectivity index (χ0n) is 15.4. The van der Waals surface area contributed by atoms with Crippen molar-refractivity contribution in [1.29, 1.82) is 0 Å². The minimum absolute atomic E-state index is 0.307. The molecule has 0 aliphatic carbocycles. The van der Waals surface area contributed by atoms with Gasteiger partial charge in [-0.25, -0.2) is 9.97 Å². The zero-order chi connectivity index (χ0) is 19.1. The molecule has 1 N–H and O–H groups in total. The van der Waals surface area contributed by atoms with Crippen LogP contribution in [0, 0.1) is 0 Å². The van der Waals surface area contributed by atoms with Crippen LogP contribution in [0.4, 0.5) is 11.5 Å². The lowest BCUT2D eigenvalue weighted by Crippen LogP contribution is -2.24. The minimum Gasteiger partial charge on any atom is -0.455 e. The second kappa shape index (κ2) is 8.80. The number of rotatable bonds is 7. The fourth-order valence-electron chi connectivity index (χ4n) is 2.65. The van der Waals surface area contributed by atoms with Gasteiger partial charge in [-0.15, -0.1) is 0 Å². The first-order chi connectivity index (χ1) is 13.2. The Morgan fingerprint density at radius 1 is 1.00 bits per heavy atom. The van der Waals surface area contributed by atoms with Crippen LogP contribution in [-0.2, 0) is 0 Å². The van der Waals surface area contributed by atoms with Crippen molar-refractivity contribution in [3.8, 4) is 11.5 Å². The van der Waals surface area contributed by atoms with Crippen LogP contribution in [0.15, 0.2) is 67.0 Å². The number of aromatic nitrogens is 2. The summed E-state index contributed by atoms with van der Waals surface area (Å²) >= 11 is 0. The average Bonchev–Trinajstić information content (AvgIpc) is 2.71. The maximum atomic E-state index is 12.7. The first-order valence-electron chi connectivity index (χ1n) is 8.91. The van der Waals surface area contributed by atoms with Gasteiger partial charge >= 0.3 is 0 Å². The molecule has 2 aromatic carbocycles. The summed E-state index contributed by atoms with van der Waals surface area (Å²) in [5.74, 6) is 1.68. The monoisotopic (exact) mass is 362 g/mol. The molecule has 1 amide bonds. The van der Waals surface area contributed by atoms with Gasteiger partial charge in [0.25, 0.3) is 5.91 Å². The lowest BCUT2D eigenvalue weighted by atomic mass is 10.2. The van der Waals surface area contributed by atoms with Crippen LogP contribution in [0.5, 0.6) is 11.5 Å². The Bertz CT molecular complexity index is 895. The van der Waals surface area contributed by atoms with Gasteiger partial charge < -0.3 is 15.0 Å². The summed E-state index contributed by atoms with van der Waals surface area (Å²) in [5, 5.41) is 2.88. The van der Waals surface area contributed by atoms with Gasteiger partial charge in [0.05, 0.1) is 5.69 Å². The number of nitrogens with zero attached hydrogens (tertiary/aromatic N) is 3. The maximum Gasteiger partial charge on any atom is 0.274 e. The number of hydrogen-bond acceptors (Lipinski definition) is 5. The van der Waals surface area contributed by atoms with E-state index in [1.807, 2.05) is 62.4 Å². The number of ether oxygens (including phenoxy) is 1. The Morgan fingerprint density at radius 2 is 1.70 bits per heavy atom. The highest BCUT2D eigenvalue weighted by atomic mass is 16.5. The van der Waals surface area contributed by atoms with E-state index >= 15 is 0 Å². The molecule has 0 aliphatic rings. The second-order valence-corrected chi connectivity index (χ2v) is 5.80. The number of nitrogens with one attached hydrogen (secondary N) is 1. The third-order valence-corrected chi connectivity index (χ3v) is 4.08. The quantitative estimate of drug-likeness (QED) is 0.676. The van der Waals surface area contributed by atoms with E-state index in [4.69, 9.17) is 4.74 Å². The van der Waals surface area contributed by atoms with E-state index in [1.54, 1.807) is 12.1 Å². The summed E-state index contributed by atoms with van der Waals surface area (Å²) in [6.45, 7) is 5.70. The number of carbonyl (C=O) groups is 1. The van der Waals surface area contributed by atoms with Crippen molar-refractivity contribution >= 4 is 17.4 Å². The second-order valence-electron chi connectivity index (χ2n) is 5.80. The van der Waals surface area contributed by atoms with Gasteiger partial charge in [0.2, 0.25) is 0 Å². The molecule has 6 heteroatoms. The van der Waals surface area contributed by atoms with Gasteiger partial charge in [-0.1, -0.05) is 30.3 Å². The SMILES string of the molecule is CCN(CC)c1cc(C(=O)Nc2ccccc2Oc2ccccc2)ncn1. The Balaban J connectivity index is 1.80. The molecule has 1 heterocycles. The van der Waals surface area contributed by atoms with Crippen LogP contribution in [0.3, 0.4) is 0 Å². The normalized spacial score (nSPS) is 10.3. The molecule has 1 aromatic heterocycles. The van der Waals surface area contributed by atoms with Gasteiger partial charge in [0.1, 0.15) is 23.6 Å². The van der Waals surface area contributed by atoms with E-state index < -0.39 is 0 Å². The third kappa shape index (κ3) is 4.61. The van der Waals surface area contributed by atoms with E-state index in [0.29, 0.717) is 22.9 Å². The standard InChI is InChI=1S/C21H22N4O2/c1-3-25(4-2)20-14-18(22-15-23-20)21(26)24-17-12-8-9-13-19(17)27-16-10-6-5-7-11-16/h5-15H,3-4H2,1-2H3,(H,24,26). The Kier molecular flexibility index (Phi) is 5.99. The summed E-state index contributed by atoms with van der Waals surface area (Å²) in [6, 6.07) is 18.4. The van der Waals surface area contributed by atoms with Crippen LogP contribution in [0.2, 0.25) is 0 Å². The molecule has 0 bridgehead atoms. The van der Waals surface area contributed by atoms with Crippen LogP contribution in [0.25, 0.3) is 0 Å². The molecule has 0 aliphatic heterocycles. The molecule has 0 atom stereocenters. The predicted octanol–water partition coefficient (Wildman–Crippen LogP) is 4.37. The van der Waals surface area contributed by atoms with Gasteiger partial charge in [-0.2, -0.15) is 0 Å². The summed E-state index contributed by atoms with van der Waals surface area (Å²) < 4.78 is 5.89. The minimum atomic E-state index is -0.310. The smallest absolute Gasteiger partial charge is 0.274 e. The van der Waals surface area contributed by atoms with Crippen molar-refractivity contribution in [3.05, 3.63) is 72.7 Å². The lowest BCUT2D eigenvalue weighted by Gasteiger charge is -2.19. The van der Waals surface area contributed by atoms with Crippen molar-refractivity contribution in [3.63, 3.8) is 0 Å². The summed E-state index contributed by atoms with van der Waals surface area (Å²) in [7, 11) is 0. The molecule has 0 radical (unpaired) electrons. The number of hydrogen-bond donors (Lipinski definition) is 1. The topological polar surface area (TPSA) is 67.4 Å². The number of benzene rings is 2. The molecule has 3 rings (SSSR count). The third-order valence-electron chi connectivity index (χ3n) is 4.08. The molecule has 138 valence electrons. The molecular formula is C21H22N4O2.